The van der Waals surface area contributed by atoms with Crippen LogP contribution in [0.3, 0.4) is 0 Å². The zero-order valence-electron chi connectivity index (χ0n) is 14.1. The van der Waals surface area contributed by atoms with Crippen molar-refractivity contribution < 1.29 is 0 Å². The normalized spacial score (nSPS) is 12.5. The summed E-state index contributed by atoms with van der Waals surface area (Å²) in [5.74, 6) is 1.76. The van der Waals surface area contributed by atoms with Gasteiger partial charge in [-0.1, -0.05) is 34.6 Å². The minimum Gasteiger partial charge on any atom is -0.358 e. The summed E-state index contributed by atoms with van der Waals surface area (Å²) < 4.78 is 2.21. The van der Waals surface area contributed by atoms with Crippen LogP contribution in [0.4, 0.5) is 5.82 Å². The van der Waals surface area contributed by atoms with E-state index in [4.69, 9.17) is 4.98 Å². The molecule has 4 nitrogen and oxygen atoms in total. The Balaban J connectivity index is 2.23. The van der Waals surface area contributed by atoms with Gasteiger partial charge in [0, 0.05) is 31.7 Å². The summed E-state index contributed by atoms with van der Waals surface area (Å²) in [5, 5.41) is 5.64. The predicted octanol–water partition coefficient (Wildman–Crippen LogP) is 3.62. The number of thiazole rings is 1. The first-order valence-corrected chi connectivity index (χ1v) is 8.52. The van der Waals surface area contributed by atoms with Gasteiger partial charge in [-0.15, -0.1) is 11.3 Å². The molecule has 5 heteroatoms. The van der Waals surface area contributed by atoms with E-state index in [-0.39, 0.29) is 5.41 Å². The maximum Gasteiger partial charge on any atom is 0.195 e. The van der Waals surface area contributed by atoms with Crippen molar-refractivity contribution in [3.05, 3.63) is 17.3 Å². The number of aromatic nitrogens is 2. The standard InChI is InChI=1S/C16H28N4S/c1-12(2)9-17-10-13-14(19(6)11-16(3,4)5)18-15-20(13)7-8-21-15/h7-8,12,17H,9-11H2,1-6H3. The van der Waals surface area contributed by atoms with Crippen LogP contribution in [0.5, 0.6) is 0 Å². The molecular formula is C16H28N4S. The van der Waals surface area contributed by atoms with E-state index in [1.54, 1.807) is 11.3 Å². The monoisotopic (exact) mass is 308 g/mol. The van der Waals surface area contributed by atoms with Gasteiger partial charge in [0.2, 0.25) is 0 Å². The minimum absolute atomic E-state index is 0.258. The second-order valence-corrected chi connectivity index (χ2v) is 8.25. The van der Waals surface area contributed by atoms with Gasteiger partial charge in [-0.3, -0.25) is 4.40 Å². The van der Waals surface area contributed by atoms with Gasteiger partial charge in [0.15, 0.2) is 10.8 Å². The molecule has 2 aromatic heterocycles. The van der Waals surface area contributed by atoms with Crippen molar-refractivity contribution in [3.63, 3.8) is 0 Å². The summed E-state index contributed by atoms with van der Waals surface area (Å²) in [7, 11) is 2.14. The second-order valence-electron chi connectivity index (χ2n) is 7.38. The van der Waals surface area contributed by atoms with Crippen LogP contribution < -0.4 is 10.2 Å². The first-order chi connectivity index (χ1) is 9.78. The quantitative estimate of drug-likeness (QED) is 0.884. The summed E-state index contributed by atoms with van der Waals surface area (Å²) in [6.45, 7) is 14.1. The molecule has 0 saturated heterocycles. The van der Waals surface area contributed by atoms with Crippen LogP contribution in [0, 0.1) is 11.3 Å². The Morgan fingerprint density at radius 3 is 2.71 bits per heavy atom. The predicted molar refractivity (Wildman–Crippen MR) is 92.3 cm³/mol. The van der Waals surface area contributed by atoms with Gasteiger partial charge in [0.25, 0.3) is 0 Å². The molecule has 21 heavy (non-hydrogen) atoms. The molecule has 0 unspecified atom stereocenters. The Morgan fingerprint density at radius 2 is 2.10 bits per heavy atom. The topological polar surface area (TPSA) is 32.6 Å². The molecule has 2 aromatic rings. The Morgan fingerprint density at radius 1 is 1.38 bits per heavy atom. The van der Waals surface area contributed by atoms with Crippen molar-refractivity contribution in [3.8, 4) is 0 Å². The molecule has 0 saturated carbocycles. The van der Waals surface area contributed by atoms with Crippen molar-refractivity contribution in [2.75, 3.05) is 25.0 Å². The van der Waals surface area contributed by atoms with Crippen LogP contribution in [-0.2, 0) is 6.54 Å². The highest BCUT2D eigenvalue weighted by atomic mass is 32.1. The third kappa shape index (κ3) is 4.20. The lowest BCUT2D eigenvalue weighted by molar-refractivity contribution is 0.417. The Labute approximate surface area is 132 Å². The lowest BCUT2D eigenvalue weighted by atomic mass is 9.96. The molecule has 0 spiro atoms. The van der Waals surface area contributed by atoms with Gasteiger partial charge in [-0.2, -0.15) is 0 Å². The Kier molecular flexibility index (Phi) is 4.94. The molecule has 1 N–H and O–H groups in total. The number of imidazole rings is 1. The molecule has 2 heterocycles. The van der Waals surface area contributed by atoms with E-state index in [1.165, 1.54) is 5.69 Å². The molecule has 0 atom stereocenters. The molecule has 0 aliphatic rings. The van der Waals surface area contributed by atoms with E-state index in [1.807, 2.05) is 0 Å². The summed E-state index contributed by atoms with van der Waals surface area (Å²) in [6.07, 6.45) is 2.12. The Bertz CT molecular complexity index is 577. The molecular weight excluding hydrogens is 280 g/mol. The van der Waals surface area contributed by atoms with E-state index in [0.717, 1.165) is 30.4 Å². The smallest absolute Gasteiger partial charge is 0.195 e. The van der Waals surface area contributed by atoms with E-state index in [2.05, 4.69) is 67.9 Å². The highest BCUT2D eigenvalue weighted by molar-refractivity contribution is 7.15. The number of rotatable bonds is 6. The fraction of sp³-hybridized carbons (Fsp3) is 0.688. The van der Waals surface area contributed by atoms with Gasteiger partial charge in [-0.05, 0) is 17.9 Å². The van der Waals surface area contributed by atoms with Gasteiger partial charge in [0.05, 0.1) is 5.69 Å². The summed E-state index contributed by atoms with van der Waals surface area (Å²) >= 11 is 1.69. The average molecular weight is 308 g/mol. The van der Waals surface area contributed by atoms with E-state index in [0.29, 0.717) is 5.92 Å². The zero-order valence-corrected chi connectivity index (χ0v) is 14.9. The van der Waals surface area contributed by atoms with Gasteiger partial charge < -0.3 is 10.2 Å². The Hall–Kier alpha value is -1.07. The number of anilines is 1. The summed E-state index contributed by atoms with van der Waals surface area (Å²) in [4.78, 5) is 8.18. The fourth-order valence-corrected chi connectivity index (χ4v) is 3.28. The maximum absolute atomic E-state index is 4.82. The van der Waals surface area contributed by atoms with E-state index in [9.17, 15) is 0 Å². The van der Waals surface area contributed by atoms with Crippen molar-refractivity contribution >= 4 is 22.1 Å². The molecule has 0 radical (unpaired) electrons. The fourth-order valence-electron chi connectivity index (χ4n) is 2.56. The highest BCUT2D eigenvalue weighted by Crippen LogP contribution is 2.26. The minimum atomic E-state index is 0.258. The number of hydrogen-bond acceptors (Lipinski definition) is 4. The van der Waals surface area contributed by atoms with Crippen LogP contribution in [0.25, 0.3) is 4.96 Å². The molecule has 0 fully saturated rings. The molecule has 0 aromatic carbocycles. The van der Waals surface area contributed by atoms with Crippen molar-refractivity contribution in [2.45, 2.75) is 41.2 Å². The van der Waals surface area contributed by atoms with Crippen molar-refractivity contribution in [2.24, 2.45) is 11.3 Å². The molecule has 0 amide bonds. The number of nitrogens with one attached hydrogen (secondary N) is 1. The maximum atomic E-state index is 4.82. The zero-order chi connectivity index (χ0) is 15.6. The molecule has 0 aliphatic heterocycles. The first-order valence-electron chi connectivity index (χ1n) is 7.64. The summed E-state index contributed by atoms with van der Waals surface area (Å²) in [5.41, 5.74) is 1.52. The highest BCUT2D eigenvalue weighted by Gasteiger charge is 2.20. The molecule has 0 aliphatic carbocycles. The van der Waals surface area contributed by atoms with Crippen LogP contribution in [0.15, 0.2) is 11.6 Å². The average Bonchev–Trinajstić information content (AvgIpc) is 2.88. The molecule has 0 bridgehead atoms. The lowest BCUT2D eigenvalue weighted by Crippen LogP contribution is -2.31. The van der Waals surface area contributed by atoms with Crippen molar-refractivity contribution in [1.82, 2.24) is 14.7 Å². The van der Waals surface area contributed by atoms with Crippen LogP contribution in [0.2, 0.25) is 0 Å². The van der Waals surface area contributed by atoms with E-state index < -0.39 is 0 Å². The number of hydrogen-bond donors (Lipinski definition) is 1. The van der Waals surface area contributed by atoms with Gasteiger partial charge >= 0.3 is 0 Å². The number of nitrogens with zero attached hydrogens (tertiary/aromatic N) is 3. The number of fused-ring (bicyclic) bond motifs is 1. The van der Waals surface area contributed by atoms with E-state index >= 15 is 0 Å². The largest absolute Gasteiger partial charge is 0.358 e. The first kappa shape index (κ1) is 16.3. The summed E-state index contributed by atoms with van der Waals surface area (Å²) in [6, 6.07) is 0. The molecule has 2 rings (SSSR count). The van der Waals surface area contributed by atoms with Gasteiger partial charge in [-0.25, -0.2) is 4.98 Å². The lowest BCUT2D eigenvalue weighted by Gasteiger charge is -2.27. The van der Waals surface area contributed by atoms with Gasteiger partial charge in [0.1, 0.15) is 0 Å². The van der Waals surface area contributed by atoms with Crippen LogP contribution in [0.1, 0.15) is 40.3 Å². The SMILES string of the molecule is CC(C)CNCc1c(N(C)CC(C)(C)C)nc2sccn12. The second kappa shape index (κ2) is 6.36. The molecule has 118 valence electrons. The van der Waals surface area contributed by atoms with Crippen LogP contribution in [-0.4, -0.2) is 29.5 Å². The van der Waals surface area contributed by atoms with Crippen LogP contribution >= 0.6 is 11.3 Å². The van der Waals surface area contributed by atoms with Crippen molar-refractivity contribution in [1.29, 1.82) is 0 Å². The third-order valence-corrected chi connectivity index (χ3v) is 4.01. The third-order valence-electron chi connectivity index (χ3n) is 3.26.